The Morgan fingerprint density at radius 1 is 0.391 bits per heavy atom. The van der Waals surface area contributed by atoms with Gasteiger partial charge in [0, 0.05) is 44.5 Å². The maximum absolute atomic E-state index is 6.14. The van der Waals surface area contributed by atoms with Gasteiger partial charge in [-0.1, -0.05) is 48.5 Å². The average molecular weight is 595 g/mol. The van der Waals surface area contributed by atoms with Gasteiger partial charge in [0.2, 0.25) is 5.89 Å². The normalized spacial score (nSPS) is 11.5. The van der Waals surface area contributed by atoms with E-state index in [0.717, 1.165) is 78.3 Å². The van der Waals surface area contributed by atoms with Crippen LogP contribution in [0.1, 0.15) is 0 Å². The second-order valence-electron chi connectivity index (χ2n) is 11.3. The number of furan rings is 2. The summed E-state index contributed by atoms with van der Waals surface area (Å²) in [5.41, 5.74) is 9.39. The molecule has 0 fully saturated rings. The van der Waals surface area contributed by atoms with Crippen LogP contribution in [-0.2, 0) is 0 Å². The van der Waals surface area contributed by atoms with Crippen molar-refractivity contribution in [1.29, 1.82) is 0 Å². The van der Waals surface area contributed by atoms with Crippen LogP contribution in [0.2, 0.25) is 0 Å². The van der Waals surface area contributed by atoms with E-state index in [1.165, 1.54) is 0 Å². The maximum atomic E-state index is 6.14. The summed E-state index contributed by atoms with van der Waals surface area (Å²) in [5, 5.41) is 2.18. The summed E-state index contributed by atoms with van der Waals surface area (Å²) in [7, 11) is 0. The van der Waals surface area contributed by atoms with Gasteiger partial charge >= 0.3 is 0 Å². The SMILES string of the molecule is c1ccc2oc(-c3ccc(N(c4ccc(-c5cc6ccccc6o5)cc4)c4ccc(-c5nc6ccccc6o5)cc4)cc3)cc2c1. The molecule has 0 aliphatic rings. The van der Waals surface area contributed by atoms with Crippen LogP contribution in [0, 0.1) is 0 Å². The van der Waals surface area contributed by atoms with Crippen LogP contribution in [0.3, 0.4) is 0 Å². The number of fused-ring (bicyclic) bond motifs is 3. The highest BCUT2D eigenvalue weighted by Crippen LogP contribution is 2.39. The summed E-state index contributed by atoms with van der Waals surface area (Å²) in [5.74, 6) is 2.29. The number of nitrogens with zero attached hydrogens (tertiary/aromatic N) is 2. The lowest BCUT2D eigenvalue weighted by molar-refractivity contribution is 0.620. The summed E-state index contributed by atoms with van der Waals surface area (Å²) in [4.78, 5) is 6.92. The standard InChI is InChI=1S/C41H26N2O3/c1-4-10-36-30(7-1)25-39(44-36)27-13-19-32(20-14-27)43(33-21-15-28(16-22-33)40-26-31-8-2-5-11-37(31)45-40)34-23-17-29(18-24-34)41-42-35-9-3-6-12-38(35)46-41/h1-26H. The van der Waals surface area contributed by atoms with Crippen LogP contribution in [0.4, 0.5) is 17.1 Å². The van der Waals surface area contributed by atoms with E-state index in [9.17, 15) is 0 Å². The molecule has 0 saturated carbocycles. The summed E-state index contributed by atoms with van der Waals surface area (Å²) < 4.78 is 18.3. The van der Waals surface area contributed by atoms with E-state index in [-0.39, 0.29) is 0 Å². The predicted octanol–water partition coefficient (Wildman–Crippen LogP) is 11.8. The second kappa shape index (κ2) is 10.7. The number of anilines is 3. The average Bonchev–Trinajstić information content (AvgIpc) is 3.86. The minimum atomic E-state index is 0.602. The minimum Gasteiger partial charge on any atom is -0.456 e. The highest BCUT2D eigenvalue weighted by molar-refractivity contribution is 5.86. The largest absolute Gasteiger partial charge is 0.456 e. The molecule has 3 heterocycles. The van der Waals surface area contributed by atoms with Crippen molar-refractivity contribution in [3.63, 3.8) is 0 Å². The molecule has 0 aliphatic carbocycles. The Labute approximate surface area is 264 Å². The molecule has 0 spiro atoms. The zero-order valence-corrected chi connectivity index (χ0v) is 24.6. The molecule has 0 radical (unpaired) electrons. The smallest absolute Gasteiger partial charge is 0.227 e. The number of oxazole rings is 1. The van der Waals surface area contributed by atoms with Crippen molar-refractivity contribution in [2.75, 3.05) is 4.90 Å². The fourth-order valence-electron chi connectivity index (χ4n) is 5.99. The lowest BCUT2D eigenvalue weighted by atomic mass is 10.1. The van der Waals surface area contributed by atoms with E-state index in [0.29, 0.717) is 5.89 Å². The van der Waals surface area contributed by atoms with Crippen molar-refractivity contribution in [2.24, 2.45) is 0 Å². The fourth-order valence-corrected chi connectivity index (χ4v) is 5.99. The van der Waals surface area contributed by atoms with Crippen LogP contribution < -0.4 is 4.90 Å². The zero-order chi connectivity index (χ0) is 30.5. The van der Waals surface area contributed by atoms with Gasteiger partial charge < -0.3 is 18.2 Å². The Kier molecular flexibility index (Phi) is 6.06. The lowest BCUT2D eigenvalue weighted by Crippen LogP contribution is -2.09. The first-order valence-corrected chi connectivity index (χ1v) is 15.2. The molecule has 9 rings (SSSR count). The third kappa shape index (κ3) is 4.62. The van der Waals surface area contributed by atoms with Crippen LogP contribution >= 0.6 is 0 Å². The molecule has 0 bridgehead atoms. The molecule has 218 valence electrons. The third-order valence-corrected chi connectivity index (χ3v) is 8.34. The molecule has 6 aromatic carbocycles. The molecule has 0 aliphatic heterocycles. The summed E-state index contributed by atoms with van der Waals surface area (Å²) in [6.07, 6.45) is 0. The van der Waals surface area contributed by atoms with Crippen molar-refractivity contribution in [3.05, 3.63) is 158 Å². The highest BCUT2D eigenvalue weighted by Gasteiger charge is 2.16. The number of aromatic nitrogens is 1. The van der Waals surface area contributed by atoms with Gasteiger partial charge in [-0.3, -0.25) is 0 Å². The monoisotopic (exact) mass is 594 g/mol. The van der Waals surface area contributed by atoms with Gasteiger partial charge in [-0.2, -0.15) is 0 Å². The molecule has 0 saturated heterocycles. The van der Waals surface area contributed by atoms with Crippen molar-refractivity contribution < 1.29 is 13.3 Å². The Balaban J connectivity index is 1.09. The molecule has 3 aromatic heterocycles. The molecule has 5 heteroatoms. The molecule has 5 nitrogen and oxygen atoms in total. The quantitative estimate of drug-likeness (QED) is 0.192. The first kappa shape index (κ1) is 26.1. The van der Waals surface area contributed by atoms with Gasteiger partial charge in [0.15, 0.2) is 5.58 Å². The van der Waals surface area contributed by atoms with E-state index < -0.39 is 0 Å². The Bertz CT molecular complexity index is 2090. The summed E-state index contributed by atoms with van der Waals surface area (Å²) >= 11 is 0. The van der Waals surface area contributed by atoms with E-state index in [1.807, 2.05) is 60.7 Å². The molecule has 0 amide bonds. The topological polar surface area (TPSA) is 55.6 Å². The highest BCUT2D eigenvalue weighted by atomic mass is 16.3. The molecule has 46 heavy (non-hydrogen) atoms. The first-order valence-electron chi connectivity index (χ1n) is 15.2. The number of hydrogen-bond acceptors (Lipinski definition) is 5. The fraction of sp³-hybridized carbons (Fsp3) is 0. The number of benzene rings is 6. The Morgan fingerprint density at radius 2 is 0.826 bits per heavy atom. The van der Waals surface area contributed by atoms with Crippen molar-refractivity contribution in [2.45, 2.75) is 0 Å². The van der Waals surface area contributed by atoms with Gasteiger partial charge in [0.25, 0.3) is 0 Å². The number of hydrogen-bond donors (Lipinski definition) is 0. The van der Waals surface area contributed by atoms with Gasteiger partial charge in [0.1, 0.15) is 28.2 Å². The molecular weight excluding hydrogens is 568 g/mol. The second-order valence-corrected chi connectivity index (χ2v) is 11.3. The van der Waals surface area contributed by atoms with Crippen molar-refractivity contribution in [3.8, 4) is 34.1 Å². The third-order valence-electron chi connectivity index (χ3n) is 8.34. The van der Waals surface area contributed by atoms with Crippen molar-refractivity contribution in [1.82, 2.24) is 4.98 Å². The van der Waals surface area contributed by atoms with Crippen LogP contribution in [0.25, 0.3) is 67.1 Å². The van der Waals surface area contributed by atoms with E-state index in [1.54, 1.807) is 0 Å². The molecule has 0 N–H and O–H groups in total. The maximum Gasteiger partial charge on any atom is 0.227 e. The van der Waals surface area contributed by atoms with E-state index >= 15 is 0 Å². The van der Waals surface area contributed by atoms with Gasteiger partial charge in [0.05, 0.1) is 0 Å². The van der Waals surface area contributed by atoms with E-state index in [4.69, 9.17) is 13.3 Å². The van der Waals surface area contributed by atoms with Crippen LogP contribution in [0.15, 0.2) is 171 Å². The lowest BCUT2D eigenvalue weighted by Gasteiger charge is -2.26. The minimum absolute atomic E-state index is 0.602. The molecular formula is C41H26N2O3. The van der Waals surface area contributed by atoms with Crippen LogP contribution in [0.5, 0.6) is 0 Å². The number of para-hydroxylation sites is 4. The zero-order valence-electron chi connectivity index (χ0n) is 24.6. The summed E-state index contributed by atoms with van der Waals surface area (Å²) in [6.45, 7) is 0. The Hall–Kier alpha value is -6.33. The van der Waals surface area contributed by atoms with Gasteiger partial charge in [-0.15, -0.1) is 0 Å². The van der Waals surface area contributed by atoms with Crippen molar-refractivity contribution >= 4 is 50.1 Å². The summed E-state index contributed by atoms with van der Waals surface area (Å²) in [6, 6.07) is 53.4. The van der Waals surface area contributed by atoms with E-state index in [2.05, 4.69) is 107 Å². The molecule has 0 atom stereocenters. The van der Waals surface area contributed by atoms with Gasteiger partial charge in [-0.25, -0.2) is 4.98 Å². The van der Waals surface area contributed by atoms with Crippen LogP contribution in [-0.4, -0.2) is 4.98 Å². The Morgan fingerprint density at radius 3 is 1.30 bits per heavy atom. The van der Waals surface area contributed by atoms with Gasteiger partial charge in [-0.05, 0) is 109 Å². The first-order chi connectivity index (χ1) is 22.7. The molecule has 0 unspecified atom stereocenters. The molecule has 9 aromatic rings. The predicted molar refractivity (Wildman–Crippen MR) is 185 cm³/mol. The number of rotatable bonds is 6.